The molecule has 104 valence electrons. The maximum Gasteiger partial charge on any atom is 0.245 e. The van der Waals surface area contributed by atoms with E-state index in [-0.39, 0.29) is 18.3 Å². The molecule has 0 aromatic heterocycles. The van der Waals surface area contributed by atoms with Crippen molar-refractivity contribution in [1.29, 1.82) is 0 Å². The minimum Gasteiger partial charge on any atom is -0.379 e. The molecule has 1 amide bonds. The monoisotopic (exact) mass is 257 g/mol. The molecular formula is C13H23NO4. The zero-order chi connectivity index (χ0) is 13.8. The van der Waals surface area contributed by atoms with Crippen LogP contribution in [0.2, 0.25) is 0 Å². The summed E-state index contributed by atoms with van der Waals surface area (Å²) in [7, 11) is 0. The Balaban J connectivity index is 3.24. The second-order valence-electron chi connectivity index (χ2n) is 3.93. The van der Waals surface area contributed by atoms with Gasteiger partial charge in [-0.15, -0.1) is 0 Å². The number of carbonyl (C=O) groups is 2. The summed E-state index contributed by atoms with van der Waals surface area (Å²) in [6.07, 6.45) is 1.15. The Morgan fingerprint density at radius 3 is 2.44 bits per heavy atom. The lowest BCUT2D eigenvalue weighted by molar-refractivity contribution is -0.126. The number of ketones is 1. The maximum atomic E-state index is 11.2. The Bertz CT molecular complexity index is 276. The van der Waals surface area contributed by atoms with Crippen LogP contribution >= 0.6 is 0 Å². The number of nitrogens with one attached hydrogen (secondary N) is 1. The van der Waals surface area contributed by atoms with E-state index in [0.717, 1.165) is 0 Å². The van der Waals surface area contributed by atoms with Crippen molar-refractivity contribution in [2.24, 2.45) is 0 Å². The highest BCUT2D eigenvalue weighted by Crippen LogP contribution is 1.99. The number of allylic oxidation sites excluding steroid dienone is 1. The van der Waals surface area contributed by atoms with Gasteiger partial charge in [0, 0.05) is 19.6 Å². The van der Waals surface area contributed by atoms with Gasteiger partial charge in [-0.3, -0.25) is 9.59 Å². The molecule has 0 heterocycles. The Morgan fingerprint density at radius 1 is 1.17 bits per heavy atom. The van der Waals surface area contributed by atoms with Crippen molar-refractivity contribution in [3.05, 3.63) is 12.2 Å². The first-order valence-electron chi connectivity index (χ1n) is 6.18. The Hall–Kier alpha value is -1.20. The molecule has 5 heteroatoms. The normalized spacial score (nSPS) is 10.1. The topological polar surface area (TPSA) is 64.6 Å². The lowest BCUT2D eigenvalue weighted by Crippen LogP contribution is -2.27. The lowest BCUT2D eigenvalue weighted by Gasteiger charge is -2.05. The molecule has 0 aliphatic heterocycles. The summed E-state index contributed by atoms with van der Waals surface area (Å²) in [6, 6.07) is 0. The van der Waals surface area contributed by atoms with Gasteiger partial charge in [-0.1, -0.05) is 6.58 Å². The molecule has 0 bridgehead atoms. The summed E-state index contributed by atoms with van der Waals surface area (Å²) in [5.74, 6) is -0.0457. The number of ether oxygens (including phenoxy) is 2. The quantitative estimate of drug-likeness (QED) is 0.444. The van der Waals surface area contributed by atoms with Gasteiger partial charge in [-0.25, -0.2) is 0 Å². The number of likely N-dealkylation sites (N-methyl/N-ethyl adjacent to an activating group) is 1. The summed E-state index contributed by atoms with van der Waals surface area (Å²) in [5.41, 5.74) is 0.584. The fourth-order valence-electron chi connectivity index (χ4n) is 1.18. The largest absolute Gasteiger partial charge is 0.379 e. The highest BCUT2D eigenvalue weighted by Gasteiger charge is 2.02. The molecule has 0 fully saturated rings. The van der Waals surface area contributed by atoms with Crippen molar-refractivity contribution in [3.8, 4) is 0 Å². The Morgan fingerprint density at radius 2 is 1.83 bits per heavy atom. The van der Waals surface area contributed by atoms with Gasteiger partial charge >= 0.3 is 0 Å². The summed E-state index contributed by atoms with van der Waals surface area (Å²) < 4.78 is 10.4. The van der Waals surface area contributed by atoms with Gasteiger partial charge in [0.25, 0.3) is 0 Å². The summed E-state index contributed by atoms with van der Waals surface area (Å²) in [5, 5.41) is 2.63. The van der Waals surface area contributed by atoms with Crippen LogP contribution in [0, 0.1) is 0 Å². The Labute approximate surface area is 109 Å². The molecule has 18 heavy (non-hydrogen) atoms. The lowest BCUT2D eigenvalue weighted by atomic mass is 10.1. The summed E-state index contributed by atoms with van der Waals surface area (Å²) >= 11 is 0. The van der Waals surface area contributed by atoms with Crippen LogP contribution in [0.15, 0.2) is 12.2 Å². The van der Waals surface area contributed by atoms with E-state index in [1.54, 1.807) is 6.92 Å². The van der Waals surface area contributed by atoms with Gasteiger partial charge in [0.15, 0.2) is 5.78 Å². The van der Waals surface area contributed by atoms with Gasteiger partial charge in [-0.05, 0) is 25.8 Å². The third-order valence-electron chi connectivity index (χ3n) is 2.15. The molecule has 0 radical (unpaired) electrons. The molecule has 0 atom stereocenters. The number of carbonyl (C=O) groups excluding carboxylic acids is 2. The van der Waals surface area contributed by atoms with Crippen molar-refractivity contribution in [3.63, 3.8) is 0 Å². The van der Waals surface area contributed by atoms with Crippen LogP contribution in [0.4, 0.5) is 0 Å². The van der Waals surface area contributed by atoms with E-state index in [1.165, 1.54) is 0 Å². The van der Waals surface area contributed by atoms with Crippen molar-refractivity contribution in [2.45, 2.75) is 26.7 Å². The highest BCUT2D eigenvalue weighted by atomic mass is 16.5. The van der Waals surface area contributed by atoms with Crippen LogP contribution in [-0.4, -0.2) is 44.7 Å². The fourth-order valence-corrected chi connectivity index (χ4v) is 1.18. The van der Waals surface area contributed by atoms with Crippen molar-refractivity contribution in [1.82, 2.24) is 5.32 Å². The van der Waals surface area contributed by atoms with Crippen LogP contribution in [0.1, 0.15) is 26.7 Å². The average Bonchev–Trinajstić information content (AvgIpc) is 2.32. The first kappa shape index (κ1) is 16.8. The van der Waals surface area contributed by atoms with Crippen LogP contribution in [0.5, 0.6) is 0 Å². The van der Waals surface area contributed by atoms with Gasteiger partial charge in [-0.2, -0.15) is 0 Å². The van der Waals surface area contributed by atoms with E-state index in [0.29, 0.717) is 44.8 Å². The summed E-state index contributed by atoms with van der Waals surface area (Å²) in [6.45, 7) is 9.14. The van der Waals surface area contributed by atoms with E-state index >= 15 is 0 Å². The first-order valence-corrected chi connectivity index (χ1v) is 6.18. The van der Waals surface area contributed by atoms with Crippen LogP contribution < -0.4 is 5.32 Å². The van der Waals surface area contributed by atoms with Crippen LogP contribution in [0.25, 0.3) is 0 Å². The SMILES string of the molecule is C=C(C)C(=O)CCCOCCOCC(=O)NCC. The molecular weight excluding hydrogens is 234 g/mol. The van der Waals surface area contributed by atoms with Crippen molar-refractivity contribution < 1.29 is 19.1 Å². The first-order chi connectivity index (χ1) is 8.57. The molecule has 0 saturated heterocycles. The predicted octanol–water partition coefficient (Wildman–Crippen LogP) is 1.08. The zero-order valence-corrected chi connectivity index (χ0v) is 11.3. The molecule has 0 rings (SSSR count). The molecule has 0 aromatic rings. The molecule has 5 nitrogen and oxygen atoms in total. The van der Waals surface area contributed by atoms with Crippen molar-refractivity contribution in [2.75, 3.05) is 33.0 Å². The highest BCUT2D eigenvalue weighted by molar-refractivity contribution is 5.93. The number of hydrogen-bond acceptors (Lipinski definition) is 4. The third-order valence-corrected chi connectivity index (χ3v) is 2.15. The smallest absolute Gasteiger partial charge is 0.245 e. The number of Topliss-reactive ketones (excluding diaryl/α,β-unsaturated/α-hetero) is 1. The summed E-state index contributed by atoms with van der Waals surface area (Å²) in [4.78, 5) is 22.2. The van der Waals surface area contributed by atoms with Gasteiger partial charge in [0.1, 0.15) is 6.61 Å². The molecule has 1 N–H and O–H groups in total. The van der Waals surface area contributed by atoms with E-state index in [1.807, 2.05) is 6.92 Å². The number of rotatable bonds is 11. The standard InChI is InChI=1S/C13H23NO4/c1-4-14-13(16)10-18-9-8-17-7-5-6-12(15)11(2)3/h2,4-10H2,1,3H3,(H,14,16). The Kier molecular flexibility index (Phi) is 10.2. The van der Waals surface area contributed by atoms with Gasteiger partial charge < -0.3 is 14.8 Å². The van der Waals surface area contributed by atoms with Gasteiger partial charge in [0.05, 0.1) is 13.2 Å². The third kappa shape index (κ3) is 9.99. The minimum absolute atomic E-state index is 0.0609. The molecule has 0 aromatic carbocycles. The van der Waals surface area contributed by atoms with E-state index in [9.17, 15) is 9.59 Å². The fraction of sp³-hybridized carbons (Fsp3) is 0.692. The second-order valence-corrected chi connectivity index (χ2v) is 3.93. The van der Waals surface area contributed by atoms with E-state index in [2.05, 4.69) is 11.9 Å². The molecule has 0 aliphatic carbocycles. The van der Waals surface area contributed by atoms with Crippen LogP contribution in [-0.2, 0) is 19.1 Å². The second kappa shape index (κ2) is 10.9. The molecule has 0 unspecified atom stereocenters. The minimum atomic E-state index is -0.121. The van der Waals surface area contributed by atoms with E-state index in [4.69, 9.17) is 9.47 Å². The average molecular weight is 257 g/mol. The van der Waals surface area contributed by atoms with Crippen LogP contribution in [0.3, 0.4) is 0 Å². The number of amides is 1. The maximum absolute atomic E-state index is 11.2. The van der Waals surface area contributed by atoms with E-state index < -0.39 is 0 Å². The van der Waals surface area contributed by atoms with Crippen molar-refractivity contribution >= 4 is 11.7 Å². The number of hydrogen-bond donors (Lipinski definition) is 1. The molecule has 0 saturated carbocycles. The van der Waals surface area contributed by atoms with Gasteiger partial charge in [0.2, 0.25) is 5.91 Å². The molecule has 0 spiro atoms. The molecule has 0 aliphatic rings. The zero-order valence-electron chi connectivity index (χ0n) is 11.3. The predicted molar refractivity (Wildman–Crippen MR) is 69.4 cm³/mol.